The minimum atomic E-state index is -0.508. The summed E-state index contributed by atoms with van der Waals surface area (Å²) in [5, 5.41) is 0. The number of carbonyl (C=O) groups is 2. The van der Waals surface area contributed by atoms with E-state index < -0.39 is 11.9 Å². The van der Waals surface area contributed by atoms with Gasteiger partial charge < -0.3 is 9.47 Å². The molecule has 0 bridgehead atoms. The van der Waals surface area contributed by atoms with Crippen LogP contribution in [0.25, 0.3) is 0 Å². The average Bonchev–Trinajstić information content (AvgIpc) is 2.47. The predicted molar refractivity (Wildman–Crippen MR) is 76.7 cm³/mol. The first kappa shape index (κ1) is 16.0. The van der Waals surface area contributed by atoms with Gasteiger partial charge in [-0.25, -0.2) is 9.59 Å². The van der Waals surface area contributed by atoms with E-state index in [2.05, 4.69) is 0 Å². The molecule has 1 aromatic carbocycles. The molecule has 1 aromatic rings. The van der Waals surface area contributed by atoms with Gasteiger partial charge >= 0.3 is 11.9 Å². The van der Waals surface area contributed by atoms with Crippen LogP contribution in [0.2, 0.25) is 0 Å². The van der Waals surface area contributed by atoms with E-state index in [1.54, 1.807) is 31.2 Å². The average molecular weight is 276 g/mol. The molecule has 0 radical (unpaired) electrons. The van der Waals surface area contributed by atoms with Crippen LogP contribution in [0.15, 0.2) is 36.4 Å². The second-order valence-electron chi connectivity index (χ2n) is 4.07. The summed E-state index contributed by atoms with van der Waals surface area (Å²) in [5.41, 5.74) is 0.480. The van der Waals surface area contributed by atoms with Crippen molar-refractivity contribution in [3.63, 3.8) is 0 Å². The largest absolute Gasteiger partial charge is 0.462 e. The third kappa shape index (κ3) is 4.88. The van der Waals surface area contributed by atoms with E-state index in [0.29, 0.717) is 13.0 Å². The zero-order valence-electron chi connectivity index (χ0n) is 11.9. The molecule has 4 heteroatoms. The number of allylic oxidation sites excluding steroid dienone is 1. The van der Waals surface area contributed by atoms with Gasteiger partial charge in [0.15, 0.2) is 0 Å². The fraction of sp³-hybridized carbons (Fsp3) is 0.375. The molecule has 108 valence electrons. The maximum Gasteiger partial charge on any atom is 0.339 e. The Labute approximate surface area is 119 Å². The van der Waals surface area contributed by atoms with Gasteiger partial charge in [0.1, 0.15) is 0 Å². The number of esters is 2. The lowest BCUT2D eigenvalue weighted by Crippen LogP contribution is -2.14. The quantitative estimate of drug-likeness (QED) is 0.435. The summed E-state index contributed by atoms with van der Waals surface area (Å²) >= 11 is 0. The van der Waals surface area contributed by atoms with Crippen molar-refractivity contribution in [3.05, 3.63) is 47.5 Å². The minimum absolute atomic E-state index is 0.239. The van der Waals surface area contributed by atoms with Crippen LogP contribution in [0.3, 0.4) is 0 Å². The summed E-state index contributed by atoms with van der Waals surface area (Å²) in [6.45, 7) is 4.33. The number of rotatable bonds is 7. The number of ether oxygens (including phenoxy) is 2. The summed E-state index contributed by atoms with van der Waals surface area (Å²) in [4.78, 5) is 23.7. The highest BCUT2D eigenvalue weighted by atomic mass is 16.5. The second-order valence-corrected chi connectivity index (χ2v) is 4.07. The topological polar surface area (TPSA) is 52.6 Å². The van der Waals surface area contributed by atoms with Crippen LogP contribution in [-0.2, 0) is 9.47 Å². The van der Waals surface area contributed by atoms with Gasteiger partial charge in [0.2, 0.25) is 0 Å². The molecular formula is C16H20O4. The van der Waals surface area contributed by atoms with Crippen molar-refractivity contribution in [2.45, 2.75) is 26.7 Å². The van der Waals surface area contributed by atoms with Gasteiger partial charge in [0, 0.05) is 0 Å². The Hall–Kier alpha value is -2.10. The molecule has 1 rings (SSSR count). The molecule has 4 nitrogen and oxygen atoms in total. The monoisotopic (exact) mass is 276 g/mol. The van der Waals surface area contributed by atoms with Gasteiger partial charge in [-0.1, -0.05) is 31.2 Å². The van der Waals surface area contributed by atoms with Crippen molar-refractivity contribution >= 4 is 11.9 Å². The lowest BCUT2D eigenvalue weighted by atomic mass is 10.1. The van der Waals surface area contributed by atoms with Crippen LogP contribution in [0, 0.1) is 0 Å². The van der Waals surface area contributed by atoms with Gasteiger partial charge in [0.25, 0.3) is 0 Å². The van der Waals surface area contributed by atoms with E-state index in [4.69, 9.17) is 9.47 Å². The molecule has 0 saturated carbocycles. The predicted octanol–water partition coefficient (Wildman–Crippen LogP) is 3.38. The summed E-state index contributed by atoms with van der Waals surface area (Å²) in [7, 11) is 0. The molecule has 0 aliphatic carbocycles. The molecule has 20 heavy (non-hydrogen) atoms. The van der Waals surface area contributed by atoms with Crippen LogP contribution in [0.5, 0.6) is 0 Å². The van der Waals surface area contributed by atoms with Gasteiger partial charge in [-0.15, -0.1) is 0 Å². The minimum Gasteiger partial charge on any atom is -0.462 e. The van der Waals surface area contributed by atoms with Crippen molar-refractivity contribution in [3.8, 4) is 0 Å². The van der Waals surface area contributed by atoms with Gasteiger partial charge in [-0.2, -0.15) is 0 Å². The van der Waals surface area contributed by atoms with Crippen molar-refractivity contribution in [2.24, 2.45) is 0 Å². The number of benzene rings is 1. The highest BCUT2D eigenvalue weighted by Gasteiger charge is 2.18. The van der Waals surface area contributed by atoms with Crippen LogP contribution in [0.4, 0.5) is 0 Å². The zero-order valence-corrected chi connectivity index (χ0v) is 11.9. The molecule has 0 aromatic heterocycles. The van der Waals surface area contributed by atoms with Gasteiger partial charge in [0.05, 0.1) is 24.3 Å². The van der Waals surface area contributed by atoms with E-state index in [1.165, 1.54) is 0 Å². The SMILES string of the molecule is CC/C=C/CCOC(=O)c1ccccc1C(=O)OCC. The van der Waals surface area contributed by atoms with Crippen molar-refractivity contribution in [1.82, 2.24) is 0 Å². The summed E-state index contributed by atoms with van der Waals surface area (Å²) in [5.74, 6) is -1.01. The smallest absolute Gasteiger partial charge is 0.339 e. The highest BCUT2D eigenvalue weighted by molar-refractivity contribution is 6.03. The Kier molecular flexibility index (Phi) is 7.11. The molecule has 0 amide bonds. The number of carbonyl (C=O) groups excluding carboxylic acids is 2. The van der Waals surface area contributed by atoms with E-state index >= 15 is 0 Å². The van der Waals surface area contributed by atoms with Crippen LogP contribution >= 0.6 is 0 Å². The summed E-state index contributed by atoms with van der Waals surface area (Å²) in [6, 6.07) is 6.51. The lowest BCUT2D eigenvalue weighted by molar-refractivity contribution is 0.0471. The normalized spacial score (nSPS) is 10.5. The van der Waals surface area contributed by atoms with Crippen molar-refractivity contribution < 1.29 is 19.1 Å². The molecule has 0 aliphatic heterocycles. The van der Waals surface area contributed by atoms with E-state index in [1.807, 2.05) is 19.1 Å². The maximum atomic E-state index is 12.0. The molecule has 0 saturated heterocycles. The van der Waals surface area contributed by atoms with Crippen LogP contribution < -0.4 is 0 Å². The molecule has 0 spiro atoms. The molecular weight excluding hydrogens is 256 g/mol. The maximum absolute atomic E-state index is 12.0. The molecule has 0 fully saturated rings. The summed E-state index contributed by atoms with van der Waals surface area (Å²) < 4.78 is 10.1. The third-order valence-corrected chi connectivity index (χ3v) is 2.56. The lowest BCUT2D eigenvalue weighted by Gasteiger charge is -2.08. The fourth-order valence-electron chi connectivity index (χ4n) is 1.63. The molecule has 0 unspecified atom stereocenters. The molecule has 0 N–H and O–H groups in total. The highest BCUT2D eigenvalue weighted by Crippen LogP contribution is 2.12. The second kappa shape index (κ2) is 8.91. The number of hydrogen-bond acceptors (Lipinski definition) is 4. The van der Waals surface area contributed by atoms with Gasteiger partial charge in [-0.05, 0) is 31.9 Å². The van der Waals surface area contributed by atoms with E-state index in [9.17, 15) is 9.59 Å². The molecule has 0 heterocycles. The molecule has 0 atom stereocenters. The van der Waals surface area contributed by atoms with Crippen LogP contribution in [-0.4, -0.2) is 25.2 Å². The van der Waals surface area contributed by atoms with Crippen molar-refractivity contribution in [2.75, 3.05) is 13.2 Å². The van der Waals surface area contributed by atoms with E-state index in [0.717, 1.165) is 6.42 Å². The third-order valence-electron chi connectivity index (χ3n) is 2.56. The Morgan fingerprint density at radius 3 is 2.15 bits per heavy atom. The Morgan fingerprint density at radius 2 is 1.60 bits per heavy atom. The number of hydrogen-bond donors (Lipinski definition) is 0. The fourth-order valence-corrected chi connectivity index (χ4v) is 1.63. The van der Waals surface area contributed by atoms with Crippen molar-refractivity contribution in [1.29, 1.82) is 0 Å². The van der Waals surface area contributed by atoms with Crippen LogP contribution in [0.1, 0.15) is 47.4 Å². The standard InChI is InChI=1S/C16H20O4/c1-3-5-6-9-12-20-16(18)14-11-8-7-10-13(14)15(17)19-4-2/h5-8,10-11H,3-4,9,12H2,1-2H3/b6-5+. The Balaban J connectivity index is 2.68. The molecule has 0 aliphatic rings. The van der Waals surface area contributed by atoms with E-state index in [-0.39, 0.29) is 17.7 Å². The Morgan fingerprint density at radius 1 is 1.00 bits per heavy atom. The van der Waals surface area contributed by atoms with Gasteiger partial charge in [-0.3, -0.25) is 0 Å². The first-order valence-electron chi connectivity index (χ1n) is 6.79. The summed E-state index contributed by atoms with van der Waals surface area (Å²) in [6.07, 6.45) is 5.60. The first-order valence-corrected chi connectivity index (χ1v) is 6.79. The first-order chi connectivity index (χ1) is 9.70. The Bertz CT molecular complexity index is 477. The zero-order chi connectivity index (χ0) is 14.8.